The molecule has 68 valence electrons. The summed E-state index contributed by atoms with van der Waals surface area (Å²) in [5, 5.41) is 0. The van der Waals surface area contributed by atoms with Crippen LogP contribution in [0.15, 0.2) is 4.90 Å². The van der Waals surface area contributed by atoms with Gasteiger partial charge in [-0.15, -0.1) is 11.3 Å². The van der Waals surface area contributed by atoms with E-state index < -0.39 is 9.05 Å². The summed E-state index contributed by atoms with van der Waals surface area (Å²) in [6, 6.07) is 0. The van der Waals surface area contributed by atoms with Crippen LogP contribution in [0.3, 0.4) is 0 Å². The molecule has 0 aromatic carbocycles. The lowest BCUT2D eigenvalue weighted by Gasteiger charge is -1.95. The van der Waals surface area contributed by atoms with Gasteiger partial charge in [-0.05, 0) is 26.3 Å². The van der Waals surface area contributed by atoms with Gasteiger partial charge in [0.15, 0.2) is 0 Å². The van der Waals surface area contributed by atoms with Gasteiger partial charge in [-0.2, -0.15) is 0 Å². The van der Waals surface area contributed by atoms with Gasteiger partial charge in [0.05, 0.1) is 4.90 Å². The molecule has 0 aliphatic carbocycles. The number of aryl methyl sites for hydroxylation is 2. The second-order valence-electron chi connectivity index (χ2n) is 2.61. The number of rotatable bonds is 1. The molecule has 0 unspecified atom stereocenters. The first kappa shape index (κ1) is 10.0. The van der Waals surface area contributed by atoms with Crippen molar-refractivity contribution < 1.29 is 8.42 Å². The van der Waals surface area contributed by atoms with Gasteiger partial charge in [-0.25, -0.2) is 8.42 Å². The van der Waals surface area contributed by atoms with E-state index in [1.807, 2.05) is 6.92 Å². The van der Waals surface area contributed by atoms with Crippen LogP contribution in [0.5, 0.6) is 0 Å². The Hall–Kier alpha value is -0.0600. The van der Waals surface area contributed by atoms with Crippen LogP contribution in [0.4, 0.5) is 0 Å². The van der Waals surface area contributed by atoms with E-state index in [-0.39, 0.29) is 4.90 Å². The highest BCUT2D eigenvalue weighted by Crippen LogP contribution is 2.32. The molecule has 0 aliphatic heterocycles. The third kappa shape index (κ3) is 1.65. The lowest BCUT2D eigenvalue weighted by molar-refractivity contribution is 0.609. The summed E-state index contributed by atoms with van der Waals surface area (Å²) >= 11 is 1.46. The Morgan fingerprint density at radius 1 is 1.17 bits per heavy atom. The molecule has 0 bridgehead atoms. The molecule has 0 saturated heterocycles. The first-order chi connectivity index (χ1) is 5.34. The smallest absolute Gasteiger partial charge is 0.207 e. The summed E-state index contributed by atoms with van der Waals surface area (Å²) in [6.45, 7) is 5.42. The molecule has 0 saturated carbocycles. The monoisotopic (exact) mass is 224 g/mol. The van der Waals surface area contributed by atoms with E-state index in [2.05, 4.69) is 0 Å². The molecule has 0 fully saturated rings. The van der Waals surface area contributed by atoms with Crippen LogP contribution in [0, 0.1) is 20.8 Å². The molecule has 1 aromatic rings. The summed E-state index contributed by atoms with van der Waals surface area (Å²) in [4.78, 5) is 2.05. The van der Waals surface area contributed by atoms with Gasteiger partial charge in [0.2, 0.25) is 0 Å². The number of hydrogen-bond acceptors (Lipinski definition) is 3. The highest BCUT2D eigenvalue weighted by molar-refractivity contribution is 8.14. The fraction of sp³-hybridized carbons (Fsp3) is 0.429. The Morgan fingerprint density at radius 3 is 1.83 bits per heavy atom. The third-order valence-electron chi connectivity index (χ3n) is 1.74. The molecular formula is C7H9ClO2S2. The Morgan fingerprint density at radius 2 is 1.67 bits per heavy atom. The topological polar surface area (TPSA) is 34.1 Å². The Kier molecular flexibility index (Phi) is 2.52. The SMILES string of the molecule is Cc1sc(C)c(S(=O)(=O)Cl)c1C. The molecule has 0 spiro atoms. The van der Waals surface area contributed by atoms with E-state index in [0.717, 1.165) is 15.3 Å². The fourth-order valence-electron chi connectivity index (χ4n) is 1.13. The van der Waals surface area contributed by atoms with Crippen LogP contribution in [0.2, 0.25) is 0 Å². The summed E-state index contributed by atoms with van der Waals surface area (Å²) in [6.07, 6.45) is 0. The normalized spacial score (nSPS) is 12.0. The molecule has 0 atom stereocenters. The first-order valence-corrected chi connectivity index (χ1v) is 6.48. The van der Waals surface area contributed by atoms with Crippen molar-refractivity contribution in [2.75, 3.05) is 0 Å². The van der Waals surface area contributed by atoms with E-state index >= 15 is 0 Å². The van der Waals surface area contributed by atoms with Gasteiger partial charge in [-0.1, -0.05) is 0 Å². The van der Waals surface area contributed by atoms with Crippen molar-refractivity contribution in [3.8, 4) is 0 Å². The maximum absolute atomic E-state index is 11.1. The second kappa shape index (κ2) is 3.01. The van der Waals surface area contributed by atoms with E-state index in [9.17, 15) is 8.42 Å². The van der Waals surface area contributed by atoms with Gasteiger partial charge in [0.25, 0.3) is 9.05 Å². The van der Waals surface area contributed by atoms with Crippen LogP contribution in [-0.4, -0.2) is 8.42 Å². The molecule has 0 radical (unpaired) electrons. The van der Waals surface area contributed by atoms with Crippen molar-refractivity contribution in [2.24, 2.45) is 0 Å². The Balaban J connectivity index is 3.54. The van der Waals surface area contributed by atoms with Gasteiger partial charge >= 0.3 is 0 Å². The van der Waals surface area contributed by atoms with E-state index in [1.165, 1.54) is 11.3 Å². The van der Waals surface area contributed by atoms with Crippen LogP contribution in [-0.2, 0) is 9.05 Å². The van der Waals surface area contributed by atoms with Crippen molar-refractivity contribution in [3.63, 3.8) is 0 Å². The maximum Gasteiger partial charge on any atom is 0.262 e. The number of hydrogen-bond donors (Lipinski definition) is 0. The quantitative estimate of drug-likeness (QED) is 0.688. The van der Waals surface area contributed by atoms with Crippen LogP contribution < -0.4 is 0 Å². The van der Waals surface area contributed by atoms with Crippen LogP contribution in [0.1, 0.15) is 15.3 Å². The molecule has 2 nitrogen and oxygen atoms in total. The highest BCUT2D eigenvalue weighted by Gasteiger charge is 2.20. The largest absolute Gasteiger partial charge is 0.262 e. The molecule has 1 heterocycles. The molecule has 0 N–H and O–H groups in total. The predicted molar refractivity (Wildman–Crippen MR) is 51.6 cm³/mol. The minimum atomic E-state index is -3.56. The van der Waals surface area contributed by atoms with Crippen molar-refractivity contribution >= 4 is 31.1 Å². The van der Waals surface area contributed by atoms with Crippen molar-refractivity contribution in [2.45, 2.75) is 25.7 Å². The zero-order valence-corrected chi connectivity index (χ0v) is 9.40. The van der Waals surface area contributed by atoms with Gasteiger partial charge in [-0.3, -0.25) is 0 Å². The van der Waals surface area contributed by atoms with Crippen molar-refractivity contribution in [1.82, 2.24) is 0 Å². The van der Waals surface area contributed by atoms with Crippen LogP contribution in [0.25, 0.3) is 0 Å². The molecular weight excluding hydrogens is 216 g/mol. The zero-order valence-electron chi connectivity index (χ0n) is 7.01. The maximum atomic E-state index is 11.1. The minimum absolute atomic E-state index is 0.284. The number of halogens is 1. The second-order valence-corrected chi connectivity index (χ2v) is 6.54. The molecule has 0 amide bonds. The van der Waals surface area contributed by atoms with Gasteiger partial charge in [0, 0.05) is 20.4 Å². The average Bonchev–Trinajstić information content (AvgIpc) is 2.05. The first-order valence-electron chi connectivity index (χ1n) is 3.35. The molecule has 12 heavy (non-hydrogen) atoms. The number of thiophene rings is 1. The zero-order chi connectivity index (χ0) is 9.52. The summed E-state index contributed by atoms with van der Waals surface area (Å²) in [5.74, 6) is 0. The van der Waals surface area contributed by atoms with Crippen molar-refractivity contribution in [1.29, 1.82) is 0 Å². The minimum Gasteiger partial charge on any atom is -0.207 e. The molecule has 5 heteroatoms. The Labute approximate surface area is 80.6 Å². The lowest BCUT2D eigenvalue weighted by Crippen LogP contribution is -1.92. The molecule has 1 aromatic heterocycles. The fourth-order valence-corrected chi connectivity index (χ4v) is 4.30. The third-order valence-corrected chi connectivity index (χ3v) is 4.55. The van der Waals surface area contributed by atoms with E-state index in [0.29, 0.717) is 0 Å². The van der Waals surface area contributed by atoms with Crippen molar-refractivity contribution in [3.05, 3.63) is 15.3 Å². The lowest BCUT2D eigenvalue weighted by atomic mass is 10.3. The predicted octanol–water partition coefficient (Wildman–Crippen LogP) is 2.60. The molecule has 0 aliphatic rings. The Bertz CT molecular complexity index is 403. The summed E-state index contributed by atoms with van der Waals surface area (Å²) in [5.41, 5.74) is 0.771. The highest BCUT2D eigenvalue weighted by atomic mass is 35.7. The summed E-state index contributed by atoms with van der Waals surface area (Å²) < 4.78 is 22.1. The molecule has 1 rings (SSSR count). The average molecular weight is 225 g/mol. The van der Waals surface area contributed by atoms with Gasteiger partial charge < -0.3 is 0 Å². The van der Waals surface area contributed by atoms with Gasteiger partial charge in [0.1, 0.15) is 0 Å². The van der Waals surface area contributed by atoms with E-state index in [4.69, 9.17) is 10.7 Å². The van der Waals surface area contributed by atoms with E-state index in [1.54, 1.807) is 13.8 Å². The standard InChI is InChI=1S/C7H9ClO2S2/c1-4-5(2)11-6(3)7(4)12(8,9)10/h1-3H3. The van der Waals surface area contributed by atoms with Crippen LogP contribution >= 0.6 is 22.0 Å². The summed E-state index contributed by atoms with van der Waals surface area (Å²) in [7, 11) is 1.70.